The highest BCUT2D eigenvalue weighted by atomic mass is 35.5. The number of carbonyl (C=O) groups excluding carboxylic acids is 1. The topological polar surface area (TPSA) is 79.3 Å². The number of hydrogen-bond acceptors (Lipinski definition) is 4. The summed E-state index contributed by atoms with van der Waals surface area (Å²) in [5.41, 5.74) is -0.119. The molecule has 0 radical (unpaired) electrons. The Labute approximate surface area is 115 Å². The molecule has 5 nitrogen and oxygen atoms in total. The van der Waals surface area contributed by atoms with Crippen LogP contribution in [0, 0.1) is 5.82 Å². The summed E-state index contributed by atoms with van der Waals surface area (Å²) in [7, 11) is 0. The predicted molar refractivity (Wildman–Crippen MR) is 68.4 cm³/mol. The molecule has 0 spiro atoms. The summed E-state index contributed by atoms with van der Waals surface area (Å²) in [4.78, 5) is 26.1. The number of carbonyl (C=O) groups is 2. The molecule has 0 saturated heterocycles. The minimum atomic E-state index is -1.09. The normalized spacial score (nSPS) is 10.2. The number of rotatable bonds is 3. The zero-order valence-electron chi connectivity index (χ0n) is 9.18. The van der Waals surface area contributed by atoms with E-state index in [9.17, 15) is 14.0 Å². The van der Waals surface area contributed by atoms with Crippen molar-refractivity contribution in [3.63, 3.8) is 0 Å². The minimum absolute atomic E-state index is 0.0822. The number of aromatic nitrogens is 1. The number of aromatic carboxylic acids is 1. The Morgan fingerprint density at radius 1 is 1.42 bits per heavy atom. The molecule has 1 amide bonds. The van der Waals surface area contributed by atoms with Gasteiger partial charge in [-0.05, 0) is 18.2 Å². The van der Waals surface area contributed by atoms with Crippen LogP contribution >= 0.6 is 22.9 Å². The molecule has 2 heterocycles. The van der Waals surface area contributed by atoms with Gasteiger partial charge in [0.05, 0.1) is 16.8 Å². The number of thiophene rings is 1. The lowest BCUT2D eigenvalue weighted by Gasteiger charge is -2.03. The highest BCUT2D eigenvalue weighted by Gasteiger charge is 2.15. The maximum atomic E-state index is 13.0. The molecule has 0 aliphatic rings. The number of pyridine rings is 1. The summed E-state index contributed by atoms with van der Waals surface area (Å²) in [5, 5.41) is 11.4. The van der Waals surface area contributed by atoms with Gasteiger partial charge in [0, 0.05) is 0 Å². The molecule has 2 rings (SSSR count). The van der Waals surface area contributed by atoms with Crippen molar-refractivity contribution in [3.8, 4) is 0 Å². The zero-order valence-corrected chi connectivity index (χ0v) is 10.8. The summed E-state index contributed by atoms with van der Waals surface area (Å²) in [6.07, 6.45) is 0.896. The Morgan fingerprint density at radius 2 is 2.16 bits per heavy atom. The smallest absolute Gasteiger partial charge is 0.345 e. The quantitative estimate of drug-likeness (QED) is 0.854. The number of carboxylic acids is 1. The fourth-order valence-electron chi connectivity index (χ4n) is 1.28. The van der Waals surface area contributed by atoms with Crippen LogP contribution in [0.25, 0.3) is 0 Å². The number of carboxylic acid groups (broad SMARTS) is 1. The molecular weight excluding hydrogens is 295 g/mol. The van der Waals surface area contributed by atoms with Crippen LogP contribution in [0.4, 0.5) is 9.39 Å². The molecule has 2 aromatic heterocycles. The summed E-state index contributed by atoms with van der Waals surface area (Å²) in [5.74, 6) is -2.43. The third kappa shape index (κ3) is 3.07. The van der Waals surface area contributed by atoms with Gasteiger partial charge in [-0.3, -0.25) is 4.79 Å². The second-order valence-corrected chi connectivity index (χ2v) is 4.86. The van der Waals surface area contributed by atoms with Crippen molar-refractivity contribution in [2.45, 2.75) is 0 Å². The van der Waals surface area contributed by atoms with Gasteiger partial charge in [0.25, 0.3) is 5.91 Å². The summed E-state index contributed by atoms with van der Waals surface area (Å²) < 4.78 is 13.0. The summed E-state index contributed by atoms with van der Waals surface area (Å²) in [6, 6.07) is 3.75. The Balaban J connectivity index is 2.20. The van der Waals surface area contributed by atoms with Crippen LogP contribution in [0.3, 0.4) is 0 Å². The highest BCUT2D eigenvalue weighted by molar-refractivity contribution is 7.18. The van der Waals surface area contributed by atoms with Gasteiger partial charge in [0.1, 0.15) is 15.8 Å². The molecule has 0 fully saturated rings. The second-order valence-electron chi connectivity index (χ2n) is 3.42. The van der Waals surface area contributed by atoms with Crippen molar-refractivity contribution in [2.24, 2.45) is 0 Å². The largest absolute Gasteiger partial charge is 0.477 e. The first-order valence-corrected chi connectivity index (χ1v) is 6.12. The molecule has 0 aliphatic heterocycles. The highest BCUT2D eigenvalue weighted by Crippen LogP contribution is 2.23. The van der Waals surface area contributed by atoms with Gasteiger partial charge in [-0.1, -0.05) is 11.6 Å². The average molecular weight is 301 g/mol. The molecule has 98 valence electrons. The fraction of sp³-hybridized carbons (Fsp3) is 0. The second kappa shape index (κ2) is 5.33. The molecular formula is C11H6ClFN2O3S. The third-order valence-electron chi connectivity index (χ3n) is 2.10. The summed E-state index contributed by atoms with van der Waals surface area (Å²) >= 11 is 6.57. The Morgan fingerprint density at radius 3 is 2.79 bits per heavy atom. The van der Waals surface area contributed by atoms with Gasteiger partial charge >= 0.3 is 5.97 Å². The lowest BCUT2D eigenvalue weighted by molar-refractivity contribution is 0.0702. The van der Waals surface area contributed by atoms with Crippen LogP contribution in [0.5, 0.6) is 0 Å². The average Bonchev–Trinajstić information content (AvgIpc) is 2.80. The van der Waals surface area contributed by atoms with Crippen molar-refractivity contribution in [3.05, 3.63) is 45.8 Å². The molecule has 2 N–H and O–H groups in total. The number of halogens is 2. The van der Waals surface area contributed by atoms with E-state index in [2.05, 4.69) is 10.3 Å². The molecule has 8 heteroatoms. The van der Waals surface area contributed by atoms with Crippen LogP contribution < -0.4 is 5.32 Å². The van der Waals surface area contributed by atoms with E-state index in [-0.39, 0.29) is 15.6 Å². The van der Waals surface area contributed by atoms with Gasteiger partial charge in [0.2, 0.25) is 0 Å². The van der Waals surface area contributed by atoms with Gasteiger partial charge in [-0.25, -0.2) is 14.2 Å². The maximum Gasteiger partial charge on any atom is 0.345 e. The first kappa shape index (κ1) is 13.4. The first-order chi connectivity index (χ1) is 8.97. The molecule has 0 aromatic carbocycles. The van der Waals surface area contributed by atoms with Crippen LogP contribution in [-0.2, 0) is 0 Å². The number of amides is 1. The number of hydrogen-bond donors (Lipinski definition) is 2. The number of nitrogens with one attached hydrogen (secondary N) is 1. The van der Waals surface area contributed by atoms with E-state index in [1.54, 1.807) is 0 Å². The van der Waals surface area contributed by atoms with Crippen molar-refractivity contribution in [2.75, 3.05) is 5.32 Å². The minimum Gasteiger partial charge on any atom is -0.477 e. The SMILES string of the molecule is O=C(O)c1ccc(NC(=O)c2cc(F)cnc2Cl)s1. The van der Waals surface area contributed by atoms with Gasteiger partial charge in [0.15, 0.2) is 0 Å². The van der Waals surface area contributed by atoms with Crippen LogP contribution in [0.15, 0.2) is 24.4 Å². The third-order valence-corrected chi connectivity index (χ3v) is 3.39. The fourth-order valence-corrected chi connectivity index (χ4v) is 2.21. The van der Waals surface area contributed by atoms with E-state index in [4.69, 9.17) is 16.7 Å². The van der Waals surface area contributed by atoms with Crippen LogP contribution in [0.1, 0.15) is 20.0 Å². The standard InChI is InChI=1S/C11H6ClFN2O3S/c12-9-6(3-5(13)4-14-9)10(16)15-8-2-1-7(19-8)11(17)18/h1-4H,(H,15,16)(H,17,18). The number of nitrogens with zero attached hydrogens (tertiary/aromatic N) is 1. The van der Waals surface area contributed by atoms with Gasteiger partial charge in [-0.2, -0.15) is 0 Å². The van der Waals surface area contributed by atoms with Crippen molar-refractivity contribution in [1.82, 2.24) is 4.98 Å². The molecule has 0 saturated carbocycles. The lowest BCUT2D eigenvalue weighted by Crippen LogP contribution is -2.12. The van der Waals surface area contributed by atoms with Gasteiger partial charge in [-0.15, -0.1) is 11.3 Å². The monoisotopic (exact) mass is 300 g/mol. The Hall–Kier alpha value is -1.99. The molecule has 2 aromatic rings. The molecule has 0 atom stereocenters. The molecule has 0 unspecified atom stereocenters. The molecule has 0 bridgehead atoms. The molecule has 0 aliphatic carbocycles. The van der Waals surface area contributed by atoms with Gasteiger partial charge < -0.3 is 10.4 Å². The van der Waals surface area contributed by atoms with E-state index >= 15 is 0 Å². The van der Waals surface area contributed by atoms with E-state index in [0.717, 1.165) is 23.6 Å². The van der Waals surface area contributed by atoms with E-state index in [1.807, 2.05) is 0 Å². The number of anilines is 1. The first-order valence-electron chi connectivity index (χ1n) is 4.93. The van der Waals surface area contributed by atoms with E-state index in [0.29, 0.717) is 5.00 Å². The van der Waals surface area contributed by atoms with Crippen molar-refractivity contribution < 1.29 is 19.1 Å². The van der Waals surface area contributed by atoms with Crippen LogP contribution in [-0.4, -0.2) is 22.0 Å². The molecule has 19 heavy (non-hydrogen) atoms. The Bertz CT molecular complexity index is 659. The van der Waals surface area contributed by atoms with E-state index < -0.39 is 17.7 Å². The van der Waals surface area contributed by atoms with Crippen molar-refractivity contribution >= 4 is 39.8 Å². The summed E-state index contributed by atoms with van der Waals surface area (Å²) in [6.45, 7) is 0. The van der Waals surface area contributed by atoms with Crippen molar-refractivity contribution in [1.29, 1.82) is 0 Å². The zero-order chi connectivity index (χ0) is 14.0. The van der Waals surface area contributed by atoms with E-state index in [1.165, 1.54) is 12.1 Å². The van der Waals surface area contributed by atoms with Crippen LogP contribution in [0.2, 0.25) is 5.15 Å². The maximum absolute atomic E-state index is 13.0. The Kier molecular flexibility index (Phi) is 3.77. The lowest BCUT2D eigenvalue weighted by atomic mass is 10.2. The predicted octanol–water partition coefficient (Wildman–Crippen LogP) is 2.89.